The normalized spacial score (nSPS) is 11.7. The summed E-state index contributed by atoms with van der Waals surface area (Å²) in [6, 6.07) is 142. The first-order chi connectivity index (χ1) is 46.1. The molecule has 3 nitrogen and oxygen atoms in total. The molecule has 0 radical (unpaired) electrons. The van der Waals surface area contributed by atoms with Gasteiger partial charge in [-0.3, -0.25) is 4.57 Å². The van der Waals surface area contributed by atoms with Gasteiger partial charge in [-0.25, -0.2) is 9.97 Å². The third-order valence-corrected chi connectivity index (χ3v) is 28.1. The first-order valence-corrected chi connectivity index (χ1v) is 35.9. The van der Waals surface area contributed by atoms with Crippen LogP contribution < -0.4 is 41.5 Å². The van der Waals surface area contributed by atoms with E-state index in [0.29, 0.717) is 5.82 Å². The highest BCUT2D eigenvalue weighted by Crippen LogP contribution is 2.35. The summed E-state index contributed by atoms with van der Waals surface area (Å²) in [6.07, 6.45) is 0. The number of benzene rings is 14. The number of para-hydroxylation sites is 2. The molecule has 0 amide bonds. The van der Waals surface area contributed by atoms with E-state index in [9.17, 15) is 0 Å². The average Bonchev–Trinajstić information content (AvgIpc) is 1.21. The van der Waals surface area contributed by atoms with Crippen LogP contribution in [0.2, 0.25) is 0 Å². The van der Waals surface area contributed by atoms with Crippen molar-refractivity contribution in [2.75, 3.05) is 0 Å². The van der Waals surface area contributed by atoms with E-state index in [1.54, 1.807) is 0 Å². The molecule has 5 heteroatoms. The Morgan fingerprint density at radius 2 is 0.484 bits per heavy atom. The Balaban J connectivity index is 1.09. The van der Waals surface area contributed by atoms with E-state index in [4.69, 9.17) is 9.97 Å². The Kier molecular flexibility index (Phi) is 15.0. The van der Waals surface area contributed by atoms with Gasteiger partial charge >= 0.3 is 0 Å². The summed E-state index contributed by atoms with van der Waals surface area (Å²) in [6.45, 7) is 0. The maximum Gasteiger partial charge on any atom is 0.179 e. The van der Waals surface area contributed by atoms with Crippen LogP contribution in [0.1, 0.15) is 0 Å². The van der Waals surface area contributed by atoms with Gasteiger partial charge in [0.05, 0.1) is 16.7 Å². The maximum absolute atomic E-state index is 5.93. The van der Waals surface area contributed by atoms with Gasteiger partial charge < -0.3 is 0 Å². The van der Waals surface area contributed by atoms with Crippen molar-refractivity contribution in [3.63, 3.8) is 0 Å². The van der Waals surface area contributed by atoms with E-state index >= 15 is 0 Å². The topological polar surface area (TPSA) is 30.7 Å². The number of fused-ring (bicyclic) bond motifs is 3. The predicted molar refractivity (Wildman–Crippen MR) is 396 cm³/mol. The number of hydrogen-bond donors (Lipinski definition) is 0. The molecule has 0 unspecified atom stereocenters. The van der Waals surface area contributed by atoms with Gasteiger partial charge in [0.1, 0.15) is 5.82 Å². The van der Waals surface area contributed by atoms with E-state index in [0.717, 1.165) is 44.8 Å². The molecule has 93 heavy (non-hydrogen) atoms. The largest absolute Gasteiger partial charge is 0.294 e. The van der Waals surface area contributed by atoms with E-state index in [-0.39, 0.29) is 0 Å². The SMILES string of the molecule is c1ccc(-c2cccc(-c3nc(-c4cc([Si](c5ccccc5)(c5ccccc5)c5cccc(-c6ccccc6)c5)cc([Si](c5ccccc5)(c5cccc(-c6ccccc6)c5)c5cccc(-c6ccccc6)c5)c4)cc(-n4c5ccccc5c5ccccc54)n3)c2)cc1. The summed E-state index contributed by atoms with van der Waals surface area (Å²) in [4.78, 5) is 11.6. The Morgan fingerprint density at radius 3 is 0.882 bits per heavy atom. The number of rotatable bonds is 15. The van der Waals surface area contributed by atoms with Crippen molar-refractivity contribution in [3.8, 4) is 73.0 Å². The number of hydrogen-bond acceptors (Lipinski definition) is 2. The van der Waals surface area contributed by atoms with Gasteiger partial charge in [0.15, 0.2) is 22.0 Å². The fraction of sp³-hybridized carbons (Fsp3) is 0. The standard InChI is InChI=1S/C88H63N3Si2/c1-8-30-64(31-9-1)68-38-26-42-72(56-68)88-89-84(63-87(90-88)91-85-54-24-22-52-82(85)83-53-23-25-55-86(83)91)73-60-80(92(74-43-16-5-17-44-74,75-45-18-6-19-46-75)77-49-27-39-69(57-77)65-32-10-2-11-33-65)62-81(61-73)93(76-47-20-7-21-48-76,78-50-28-40-70(58-78)66-34-12-3-13-35-66)79-51-29-41-71(59-79)67-36-14-4-15-37-67/h1-63H. The second kappa shape index (κ2) is 24.6. The van der Waals surface area contributed by atoms with Crippen molar-refractivity contribution in [1.29, 1.82) is 0 Å². The molecule has 2 aromatic heterocycles. The molecule has 0 spiro atoms. The van der Waals surface area contributed by atoms with Crippen LogP contribution in [0.25, 0.3) is 94.8 Å². The Bertz CT molecular complexity index is 5140. The van der Waals surface area contributed by atoms with Crippen LogP contribution in [0.4, 0.5) is 0 Å². The van der Waals surface area contributed by atoms with Gasteiger partial charge in [-0.1, -0.05) is 358 Å². The van der Waals surface area contributed by atoms with Gasteiger partial charge in [-0.15, -0.1) is 0 Å². The Morgan fingerprint density at radius 1 is 0.194 bits per heavy atom. The molecule has 14 aromatic carbocycles. The molecule has 0 fully saturated rings. The second-order valence-corrected chi connectivity index (χ2v) is 31.6. The Labute approximate surface area is 545 Å². The second-order valence-electron chi connectivity index (χ2n) is 24.0. The molecule has 16 rings (SSSR count). The smallest absolute Gasteiger partial charge is 0.179 e. The van der Waals surface area contributed by atoms with Crippen LogP contribution in [-0.2, 0) is 0 Å². The van der Waals surface area contributed by atoms with E-state index in [1.165, 1.54) is 85.6 Å². The molecule has 0 atom stereocenters. The molecule has 0 saturated heterocycles. The zero-order chi connectivity index (χ0) is 62.0. The molecule has 0 aliphatic rings. The fourth-order valence-electron chi connectivity index (χ4n) is 14.4. The lowest BCUT2D eigenvalue weighted by atomic mass is 10.0. The summed E-state index contributed by atoms with van der Waals surface area (Å²) in [5.41, 5.74) is 14.1. The van der Waals surface area contributed by atoms with Crippen LogP contribution in [0, 0.1) is 0 Å². The highest BCUT2D eigenvalue weighted by atomic mass is 28.3. The highest BCUT2D eigenvalue weighted by Gasteiger charge is 2.46. The van der Waals surface area contributed by atoms with Crippen LogP contribution >= 0.6 is 0 Å². The highest BCUT2D eigenvalue weighted by molar-refractivity contribution is 7.22. The van der Waals surface area contributed by atoms with Crippen LogP contribution in [0.15, 0.2) is 382 Å². The summed E-state index contributed by atoms with van der Waals surface area (Å²) < 4.78 is 2.35. The molecule has 0 N–H and O–H groups in total. The first-order valence-electron chi connectivity index (χ1n) is 31.9. The van der Waals surface area contributed by atoms with E-state index < -0.39 is 16.1 Å². The van der Waals surface area contributed by atoms with Crippen molar-refractivity contribution < 1.29 is 0 Å². The van der Waals surface area contributed by atoms with E-state index in [2.05, 4.69) is 387 Å². The van der Waals surface area contributed by atoms with Gasteiger partial charge in [0.2, 0.25) is 0 Å². The van der Waals surface area contributed by atoms with Crippen LogP contribution in [0.5, 0.6) is 0 Å². The molecule has 0 bridgehead atoms. The zero-order valence-corrected chi connectivity index (χ0v) is 53.2. The zero-order valence-electron chi connectivity index (χ0n) is 51.2. The van der Waals surface area contributed by atoms with Crippen molar-refractivity contribution in [3.05, 3.63) is 382 Å². The third kappa shape index (κ3) is 10.4. The minimum absolute atomic E-state index is 0.636. The lowest BCUT2D eigenvalue weighted by molar-refractivity contribution is 1.05. The van der Waals surface area contributed by atoms with Crippen LogP contribution in [0.3, 0.4) is 0 Å². The van der Waals surface area contributed by atoms with Gasteiger partial charge in [-0.2, -0.15) is 0 Å². The first kappa shape index (κ1) is 56.6. The minimum Gasteiger partial charge on any atom is -0.294 e. The summed E-state index contributed by atoms with van der Waals surface area (Å²) in [7, 11) is -7.01. The lowest BCUT2D eigenvalue weighted by Crippen LogP contribution is -2.78. The molecular formula is C88H63N3Si2. The number of nitrogens with zero attached hydrogens (tertiary/aromatic N) is 3. The summed E-state index contributed by atoms with van der Waals surface area (Å²) in [5, 5.41) is 12.5. The summed E-state index contributed by atoms with van der Waals surface area (Å²) in [5.74, 6) is 1.42. The lowest BCUT2D eigenvalue weighted by Gasteiger charge is -2.39. The van der Waals surface area contributed by atoms with Crippen molar-refractivity contribution in [1.82, 2.24) is 14.5 Å². The van der Waals surface area contributed by atoms with E-state index in [1.807, 2.05) is 0 Å². The monoisotopic (exact) mass is 1220 g/mol. The van der Waals surface area contributed by atoms with Gasteiger partial charge in [0.25, 0.3) is 0 Å². The van der Waals surface area contributed by atoms with Gasteiger partial charge in [-0.05, 0) is 104 Å². The third-order valence-electron chi connectivity index (χ3n) is 18.7. The number of aromatic nitrogens is 3. The fourth-order valence-corrected chi connectivity index (χ4v) is 24.3. The molecule has 2 heterocycles. The molecule has 0 saturated carbocycles. The molecular weight excluding hydrogens is 1160 g/mol. The molecule has 438 valence electrons. The quantitative estimate of drug-likeness (QED) is 0.0756. The molecule has 16 aromatic rings. The van der Waals surface area contributed by atoms with Crippen molar-refractivity contribution in [2.24, 2.45) is 0 Å². The Hall–Kier alpha value is -11.6. The van der Waals surface area contributed by atoms with Crippen molar-refractivity contribution in [2.45, 2.75) is 0 Å². The maximum atomic E-state index is 5.93. The minimum atomic E-state index is -3.56. The van der Waals surface area contributed by atoms with Crippen molar-refractivity contribution >= 4 is 79.4 Å². The van der Waals surface area contributed by atoms with Crippen LogP contribution in [-0.4, -0.2) is 30.7 Å². The van der Waals surface area contributed by atoms with Gasteiger partial charge in [0, 0.05) is 28.0 Å². The summed E-state index contributed by atoms with van der Waals surface area (Å²) >= 11 is 0. The molecule has 0 aliphatic heterocycles. The predicted octanol–water partition coefficient (Wildman–Crippen LogP) is 16.3. The average molecular weight is 1220 g/mol. The molecule has 0 aliphatic carbocycles.